The molecule has 0 aliphatic carbocycles. The second-order valence-corrected chi connectivity index (χ2v) is 4.75. The molecule has 5 heteroatoms. The zero-order chi connectivity index (χ0) is 10.7. The van der Waals surface area contributed by atoms with Gasteiger partial charge >= 0.3 is 0 Å². The maximum Gasteiger partial charge on any atom is 0.205 e. The van der Waals surface area contributed by atoms with E-state index in [1.54, 1.807) is 6.20 Å². The number of hydrogen-bond donors (Lipinski definition) is 1. The molecular weight excluding hydrogens is 210 g/mol. The van der Waals surface area contributed by atoms with E-state index in [9.17, 15) is 4.79 Å². The molecule has 0 amide bonds. The lowest BCUT2D eigenvalue weighted by Gasteiger charge is -2.30. The maximum absolute atomic E-state index is 11.8. The molecule has 2 rings (SSSR count). The molecule has 2 heterocycles. The Balaban J connectivity index is 1.89. The van der Waals surface area contributed by atoms with Crippen LogP contribution in [0.5, 0.6) is 0 Å². The zero-order valence-corrected chi connectivity index (χ0v) is 9.59. The standard InChI is InChI=1S/C10H15N3OS/c1-8-6-13(4-2-11-8)7-9(14)10-12-3-5-15-10/h3,5,8,11H,2,4,6-7H2,1H3/t8-/m1/s1. The molecule has 0 radical (unpaired) electrons. The van der Waals surface area contributed by atoms with Crippen LogP contribution < -0.4 is 5.32 Å². The lowest BCUT2D eigenvalue weighted by atomic mass is 10.2. The van der Waals surface area contributed by atoms with Crippen molar-refractivity contribution in [2.45, 2.75) is 13.0 Å². The van der Waals surface area contributed by atoms with Gasteiger partial charge in [-0.3, -0.25) is 9.69 Å². The van der Waals surface area contributed by atoms with E-state index in [0.717, 1.165) is 19.6 Å². The quantitative estimate of drug-likeness (QED) is 0.766. The Labute approximate surface area is 93.3 Å². The SMILES string of the molecule is C[C@@H]1CN(CC(=O)c2nccs2)CCN1. The fraction of sp³-hybridized carbons (Fsp3) is 0.600. The topological polar surface area (TPSA) is 45.2 Å². The smallest absolute Gasteiger partial charge is 0.205 e. The first-order chi connectivity index (χ1) is 7.25. The van der Waals surface area contributed by atoms with Gasteiger partial charge in [0, 0.05) is 37.3 Å². The number of carbonyl (C=O) groups is 1. The van der Waals surface area contributed by atoms with Gasteiger partial charge in [-0.25, -0.2) is 4.98 Å². The van der Waals surface area contributed by atoms with Crippen LogP contribution in [0.25, 0.3) is 0 Å². The number of aromatic nitrogens is 1. The Bertz CT molecular complexity index is 325. The van der Waals surface area contributed by atoms with Crippen LogP contribution in [0.3, 0.4) is 0 Å². The minimum Gasteiger partial charge on any atom is -0.312 e. The van der Waals surface area contributed by atoms with Gasteiger partial charge < -0.3 is 5.32 Å². The summed E-state index contributed by atoms with van der Waals surface area (Å²) in [7, 11) is 0. The molecule has 1 N–H and O–H groups in total. The van der Waals surface area contributed by atoms with Crippen molar-refractivity contribution in [1.29, 1.82) is 0 Å². The minimum absolute atomic E-state index is 0.138. The van der Waals surface area contributed by atoms with Gasteiger partial charge in [0.1, 0.15) is 0 Å². The Hall–Kier alpha value is -0.780. The number of hydrogen-bond acceptors (Lipinski definition) is 5. The number of piperazine rings is 1. The van der Waals surface area contributed by atoms with Gasteiger partial charge in [0.25, 0.3) is 0 Å². The molecule has 1 fully saturated rings. The van der Waals surface area contributed by atoms with Crippen LogP contribution in [0, 0.1) is 0 Å². The van der Waals surface area contributed by atoms with Gasteiger partial charge in [0.2, 0.25) is 5.78 Å². The van der Waals surface area contributed by atoms with Crippen molar-refractivity contribution < 1.29 is 4.79 Å². The summed E-state index contributed by atoms with van der Waals surface area (Å²) in [5, 5.41) is 5.82. The summed E-state index contributed by atoms with van der Waals surface area (Å²) in [6.07, 6.45) is 1.68. The van der Waals surface area contributed by atoms with E-state index in [0.29, 0.717) is 17.6 Å². The molecule has 4 nitrogen and oxygen atoms in total. The fourth-order valence-electron chi connectivity index (χ4n) is 1.79. The van der Waals surface area contributed by atoms with Gasteiger partial charge in [0.15, 0.2) is 5.01 Å². The monoisotopic (exact) mass is 225 g/mol. The third-order valence-electron chi connectivity index (χ3n) is 2.49. The predicted octanol–water partition coefficient (Wildman–Crippen LogP) is 0.619. The number of nitrogens with zero attached hydrogens (tertiary/aromatic N) is 2. The summed E-state index contributed by atoms with van der Waals surface area (Å²) in [5.74, 6) is 0.138. The molecule has 1 atom stereocenters. The van der Waals surface area contributed by atoms with Crippen LogP contribution in [0.2, 0.25) is 0 Å². The molecule has 0 unspecified atom stereocenters. The Morgan fingerprint density at radius 1 is 1.80 bits per heavy atom. The van der Waals surface area contributed by atoms with Crippen LogP contribution in [0.15, 0.2) is 11.6 Å². The summed E-state index contributed by atoms with van der Waals surface area (Å²) in [4.78, 5) is 18.0. The van der Waals surface area contributed by atoms with Gasteiger partial charge in [-0.1, -0.05) is 0 Å². The molecular formula is C10H15N3OS. The second-order valence-electron chi connectivity index (χ2n) is 3.85. The fourth-order valence-corrected chi connectivity index (χ4v) is 2.36. The number of Topliss-reactive ketones (excluding diaryl/α,β-unsaturated/α-hetero) is 1. The molecule has 0 spiro atoms. The van der Waals surface area contributed by atoms with Gasteiger partial charge in [-0.2, -0.15) is 0 Å². The summed E-state index contributed by atoms with van der Waals surface area (Å²) >= 11 is 1.42. The predicted molar refractivity (Wildman–Crippen MR) is 60.3 cm³/mol. The highest BCUT2D eigenvalue weighted by Crippen LogP contribution is 2.07. The molecule has 1 aromatic heterocycles. The van der Waals surface area contributed by atoms with Crippen molar-refractivity contribution in [3.8, 4) is 0 Å². The largest absolute Gasteiger partial charge is 0.312 e. The summed E-state index contributed by atoms with van der Waals surface area (Å²) in [5.41, 5.74) is 0. The first-order valence-electron chi connectivity index (χ1n) is 5.14. The number of nitrogens with one attached hydrogen (secondary N) is 1. The van der Waals surface area contributed by atoms with Crippen LogP contribution in [-0.2, 0) is 0 Å². The van der Waals surface area contributed by atoms with Crippen molar-refractivity contribution in [1.82, 2.24) is 15.2 Å². The van der Waals surface area contributed by atoms with E-state index >= 15 is 0 Å². The van der Waals surface area contributed by atoms with E-state index < -0.39 is 0 Å². The normalized spacial score (nSPS) is 22.9. The van der Waals surface area contributed by atoms with Gasteiger partial charge in [-0.15, -0.1) is 11.3 Å². The summed E-state index contributed by atoms with van der Waals surface area (Å²) < 4.78 is 0. The van der Waals surface area contributed by atoms with E-state index in [-0.39, 0.29) is 5.78 Å². The average Bonchev–Trinajstić information content (AvgIpc) is 2.70. The van der Waals surface area contributed by atoms with Crippen LogP contribution in [0.1, 0.15) is 16.7 Å². The number of thiazole rings is 1. The van der Waals surface area contributed by atoms with Crippen molar-refractivity contribution in [2.24, 2.45) is 0 Å². The lowest BCUT2D eigenvalue weighted by molar-refractivity contribution is 0.0908. The third-order valence-corrected chi connectivity index (χ3v) is 3.31. The van der Waals surface area contributed by atoms with E-state index in [2.05, 4.69) is 22.1 Å². The minimum atomic E-state index is 0.138. The number of rotatable bonds is 3. The van der Waals surface area contributed by atoms with Crippen LogP contribution in [-0.4, -0.2) is 47.9 Å². The average molecular weight is 225 g/mol. The highest BCUT2D eigenvalue weighted by molar-refractivity contribution is 7.11. The molecule has 1 aliphatic heterocycles. The van der Waals surface area contributed by atoms with Crippen molar-refractivity contribution in [3.05, 3.63) is 16.6 Å². The van der Waals surface area contributed by atoms with Crippen LogP contribution in [0.4, 0.5) is 0 Å². The van der Waals surface area contributed by atoms with E-state index in [1.807, 2.05) is 5.38 Å². The number of ketones is 1. The van der Waals surface area contributed by atoms with Crippen molar-refractivity contribution >= 4 is 17.1 Å². The van der Waals surface area contributed by atoms with E-state index in [4.69, 9.17) is 0 Å². The van der Waals surface area contributed by atoms with Gasteiger partial charge in [0.05, 0.1) is 6.54 Å². The third kappa shape index (κ3) is 2.84. The molecule has 0 aromatic carbocycles. The second kappa shape index (κ2) is 4.83. The Kier molecular flexibility index (Phi) is 3.45. The molecule has 1 saturated heterocycles. The molecule has 0 bridgehead atoms. The van der Waals surface area contributed by atoms with Crippen molar-refractivity contribution in [3.63, 3.8) is 0 Å². The molecule has 15 heavy (non-hydrogen) atoms. The first-order valence-corrected chi connectivity index (χ1v) is 6.02. The van der Waals surface area contributed by atoms with Crippen LogP contribution >= 0.6 is 11.3 Å². The summed E-state index contributed by atoms with van der Waals surface area (Å²) in [6.45, 7) is 5.49. The number of carbonyl (C=O) groups excluding carboxylic acids is 1. The highest BCUT2D eigenvalue weighted by atomic mass is 32.1. The zero-order valence-electron chi connectivity index (χ0n) is 8.77. The Morgan fingerprint density at radius 3 is 3.33 bits per heavy atom. The molecule has 1 aliphatic rings. The molecule has 82 valence electrons. The summed E-state index contributed by atoms with van der Waals surface area (Å²) in [6, 6.07) is 0.475. The Morgan fingerprint density at radius 2 is 2.67 bits per heavy atom. The van der Waals surface area contributed by atoms with Gasteiger partial charge in [-0.05, 0) is 6.92 Å². The highest BCUT2D eigenvalue weighted by Gasteiger charge is 2.19. The van der Waals surface area contributed by atoms with Crippen molar-refractivity contribution in [2.75, 3.05) is 26.2 Å². The maximum atomic E-state index is 11.8. The van der Waals surface area contributed by atoms with E-state index in [1.165, 1.54) is 11.3 Å². The molecule has 1 aromatic rings. The first kappa shape index (κ1) is 10.7. The molecule has 0 saturated carbocycles. The lowest BCUT2D eigenvalue weighted by Crippen LogP contribution is -2.50.